The van der Waals surface area contributed by atoms with Gasteiger partial charge in [-0.1, -0.05) is 17.3 Å². The van der Waals surface area contributed by atoms with Crippen molar-refractivity contribution in [2.45, 2.75) is 50.7 Å². The molecule has 3 heterocycles. The monoisotopic (exact) mass is 485 g/mol. The molecule has 2 atom stereocenters. The van der Waals surface area contributed by atoms with Crippen molar-refractivity contribution in [2.75, 3.05) is 13.1 Å². The first kappa shape index (κ1) is 19.3. The van der Waals surface area contributed by atoms with E-state index in [9.17, 15) is 9.59 Å². The van der Waals surface area contributed by atoms with Gasteiger partial charge in [-0.2, -0.15) is 0 Å². The SMILES string of the molecule is O=C(NCC1CC2(CC2)CN1C(=O)C1CC(C2CC2)=NO1)c1oc2ccccc2c1Br. The van der Waals surface area contributed by atoms with E-state index in [1.165, 1.54) is 0 Å². The van der Waals surface area contributed by atoms with Crippen LogP contribution in [0.25, 0.3) is 11.0 Å². The molecule has 2 amide bonds. The first-order valence-electron chi connectivity index (χ1n) is 11.0. The number of oxime groups is 1. The lowest BCUT2D eigenvalue weighted by atomic mass is 10.0. The molecule has 2 unspecified atom stereocenters. The normalized spacial score (nSPS) is 26.2. The minimum Gasteiger partial charge on any atom is -0.450 e. The number of hydrogen-bond donors (Lipinski definition) is 1. The van der Waals surface area contributed by atoms with E-state index in [1.807, 2.05) is 29.2 Å². The summed E-state index contributed by atoms with van der Waals surface area (Å²) in [6.07, 6.45) is 5.62. The number of nitrogens with zero attached hydrogens (tertiary/aromatic N) is 2. The van der Waals surface area contributed by atoms with E-state index in [-0.39, 0.29) is 29.0 Å². The van der Waals surface area contributed by atoms with Gasteiger partial charge in [-0.15, -0.1) is 0 Å². The third kappa shape index (κ3) is 3.45. The average molecular weight is 486 g/mol. The Bertz CT molecular complexity index is 1100. The summed E-state index contributed by atoms with van der Waals surface area (Å²) in [4.78, 5) is 33.5. The molecule has 1 saturated heterocycles. The van der Waals surface area contributed by atoms with Gasteiger partial charge >= 0.3 is 0 Å². The maximum absolute atomic E-state index is 13.2. The van der Waals surface area contributed by atoms with Crippen LogP contribution >= 0.6 is 15.9 Å². The Morgan fingerprint density at radius 1 is 1.26 bits per heavy atom. The molecule has 1 spiro atoms. The van der Waals surface area contributed by atoms with Crippen LogP contribution in [0.1, 0.15) is 49.1 Å². The van der Waals surface area contributed by atoms with Gasteiger partial charge in [0.15, 0.2) is 0 Å². The number of amides is 2. The Hall–Kier alpha value is -2.35. The lowest BCUT2D eigenvalue weighted by molar-refractivity contribution is -0.143. The van der Waals surface area contributed by atoms with Gasteiger partial charge in [0.2, 0.25) is 11.9 Å². The molecular weight excluding hydrogens is 462 g/mol. The highest BCUT2D eigenvalue weighted by atomic mass is 79.9. The molecule has 1 aromatic heterocycles. The third-order valence-corrected chi connectivity index (χ3v) is 7.90. The second kappa shape index (κ2) is 7.08. The van der Waals surface area contributed by atoms with Crippen LogP contribution in [0.5, 0.6) is 0 Å². The van der Waals surface area contributed by atoms with Gasteiger partial charge in [-0.05, 0) is 65.6 Å². The summed E-state index contributed by atoms with van der Waals surface area (Å²) >= 11 is 3.49. The largest absolute Gasteiger partial charge is 0.450 e. The number of hydrogen-bond acceptors (Lipinski definition) is 5. The van der Waals surface area contributed by atoms with Crippen molar-refractivity contribution in [1.82, 2.24) is 10.2 Å². The zero-order valence-corrected chi connectivity index (χ0v) is 18.7. The molecule has 162 valence electrons. The summed E-state index contributed by atoms with van der Waals surface area (Å²) in [5.41, 5.74) is 1.93. The molecule has 0 bridgehead atoms. The van der Waals surface area contributed by atoms with Crippen LogP contribution in [-0.4, -0.2) is 47.7 Å². The van der Waals surface area contributed by atoms with Crippen LogP contribution in [0.4, 0.5) is 0 Å². The van der Waals surface area contributed by atoms with Crippen LogP contribution in [-0.2, 0) is 9.63 Å². The number of nitrogens with one attached hydrogen (secondary N) is 1. The van der Waals surface area contributed by atoms with Crippen molar-refractivity contribution in [2.24, 2.45) is 16.5 Å². The molecule has 7 nitrogen and oxygen atoms in total. The Morgan fingerprint density at radius 2 is 2.06 bits per heavy atom. The topological polar surface area (TPSA) is 84.1 Å². The minimum atomic E-state index is -0.507. The number of carbonyl (C=O) groups excluding carboxylic acids is 2. The van der Waals surface area contributed by atoms with E-state index in [2.05, 4.69) is 26.4 Å². The summed E-state index contributed by atoms with van der Waals surface area (Å²) in [6, 6.07) is 7.50. The molecule has 8 heteroatoms. The molecule has 2 aliphatic carbocycles. The first-order valence-corrected chi connectivity index (χ1v) is 11.8. The van der Waals surface area contributed by atoms with E-state index in [0.717, 1.165) is 49.7 Å². The summed E-state index contributed by atoms with van der Waals surface area (Å²) in [6.45, 7) is 1.15. The van der Waals surface area contributed by atoms with Crippen molar-refractivity contribution >= 4 is 44.4 Å². The Balaban J connectivity index is 1.14. The Labute approximate surface area is 188 Å². The van der Waals surface area contributed by atoms with E-state index < -0.39 is 6.10 Å². The molecule has 6 rings (SSSR count). The maximum Gasteiger partial charge on any atom is 0.288 e. The van der Waals surface area contributed by atoms with E-state index in [0.29, 0.717) is 28.9 Å². The summed E-state index contributed by atoms with van der Waals surface area (Å²) in [5.74, 6) is 0.513. The fraction of sp³-hybridized carbons (Fsp3) is 0.522. The summed E-state index contributed by atoms with van der Waals surface area (Å²) in [5, 5.41) is 8.04. The highest BCUT2D eigenvalue weighted by Crippen LogP contribution is 2.55. The Morgan fingerprint density at radius 3 is 2.81 bits per heavy atom. The zero-order chi connectivity index (χ0) is 21.2. The highest BCUT2D eigenvalue weighted by molar-refractivity contribution is 9.10. The van der Waals surface area contributed by atoms with Gasteiger partial charge in [0.05, 0.1) is 10.2 Å². The zero-order valence-electron chi connectivity index (χ0n) is 17.1. The molecule has 0 radical (unpaired) electrons. The van der Waals surface area contributed by atoms with Crippen molar-refractivity contribution in [3.8, 4) is 0 Å². The lowest BCUT2D eigenvalue weighted by Gasteiger charge is -2.26. The first-order chi connectivity index (χ1) is 15.0. The van der Waals surface area contributed by atoms with Crippen molar-refractivity contribution < 1.29 is 18.8 Å². The molecule has 3 fully saturated rings. The van der Waals surface area contributed by atoms with Gasteiger partial charge in [-0.25, -0.2) is 0 Å². The van der Waals surface area contributed by atoms with Crippen LogP contribution in [0, 0.1) is 11.3 Å². The number of benzene rings is 1. The molecule has 2 aromatic rings. The van der Waals surface area contributed by atoms with Gasteiger partial charge < -0.3 is 19.5 Å². The van der Waals surface area contributed by atoms with E-state index >= 15 is 0 Å². The molecule has 31 heavy (non-hydrogen) atoms. The number of carbonyl (C=O) groups is 2. The predicted molar refractivity (Wildman–Crippen MR) is 118 cm³/mol. The number of fused-ring (bicyclic) bond motifs is 1. The number of furan rings is 1. The smallest absolute Gasteiger partial charge is 0.288 e. The van der Waals surface area contributed by atoms with E-state index in [1.54, 1.807) is 0 Å². The maximum atomic E-state index is 13.2. The number of rotatable bonds is 5. The van der Waals surface area contributed by atoms with Gasteiger partial charge in [0.25, 0.3) is 11.8 Å². The fourth-order valence-corrected chi connectivity index (χ4v) is 5.55. The number of halogens is 1. The minimum absolute atomic E-state index is 0.00680. The van der Waals surface area contributed by atoms with Crippen LogP contribution < -0.4 is 5.32 Å². The Kier molecular flexibility index (Phi) is 4.42. The molecule has 2 aliphatic heterocycles. The fourth-order valence-electron chi connectivity index (χ4n) is 4.97. The van der Waals surface area contributed by atoms with Crippen molar-refractivity contribution in [3.05, 3.63) is 34.5 Å². The second-order valence-electron chi connectivity index (χ2n) is 9.43. The standard InChI is InChI=1S/C23H24BrN3O4/c24-19-15-3-1-2-4-17(15)30-20(19)21(28)25-11-14-10-23(7-8-23)12-27(14)22(29)18-9-16(26-31-18)13-5-6-13/h1-4,13-14,18H,5-12H2,(H,25,28). The lowest BCUT2D eigenvalue weighted by Crippen LogP contribution is -2.47. The van der Waals surface area contributed by atoms with Gasteiger partial charge in [-0.3, -0.25) is 9.59 Å². The van der Waals surface area contributed by atoms with Crippen LogP contribution in [0.15, 0.2) is 38.3 Å². The second-order valence-corrected chi connectivity index (χ2v) is 10.2. The highest BCUT2D eigenvalue weighted by Gasteiger charge is 2.54. The molecule has 1 aromatic carbocycles. The quantitative estimate of drug-likeness (QED) is 0.696. The molecular formula is C23H24BrN3O4. The van der Waals surface area contributed by atoms with Crippen molar-refractivity contribution in [3.63, 3.8) is 0 Å². The molecule has 1 N–H and O–H groups in total. The number of para-hydroxylation sites is 1. The number of likely N-dealkylation sites (tertiary alicyclic amines) is 1. The predicted octanol–water partition coefficient (Wildman–Crippen LogP) is 3.86. The molecule has 4 aliphatic rings. The van der Waals surface area contributed by atoms with Crippen LogP contribution in [0.2, 0.25) is 0 Å². The van der Waals surface area contributed by atoms with Crippen molar-refractivity contribution in [1.29, 1.82) is 0 Å². The summed E-state index contributed by atoms with van der Waals surface area (Å²) in [7, 11) is 0. The third-order valence-electron chi connectivity index (χ3n) is 7.11. The average Bonchev–Trinajstić information content (AvgIpc) is 3.64. The van der Waals surface area contributed by atoms with Crippen LogP contribution in [0.3, 0.4) is 0 Å². The molecule has 2 saturated carbocycles. The van der Waals surface area contributed by atoms with Gasteiger partial charge in [0, 0.05) is 36.9 Å². The van der Waals surface area contributed by atoms with E-state index in [4.69, 9.17) is 9.25 Å². The summed E-state index contributed by atoms with van der Waals surface area (Å²) < 4.78 is 6.41. The van der Waals surface area contributed by atoms with Gasteiger partial charge in [0.1, 0.15) is 5.58 Å².